The molecule has 3 heterocycles. The van der Waals surface area contributed by atoms with Crippen LogP contribution in [0.4, 0.5) is 5.82 Å². The van der Waals surface area contributed by atoms with Crippen LogP contribution in [0.1, 0.15) is 29.5 Å². The molecule has 1 aliphatic rings. The highest BCUT2D eigenvalue weighted by Gasteiger charge is 2.33. The van der Waals surface area contributed by atoms with E-state index in [-0.39, 0.29) is 5.56 Å². The quantitative estimate of drug-likeness (QED) is 0.784. The lowest BCUT2D eigenvalue weighted by atomic mass is 10.2. The Labute approximate surface area is 103 Å². The maximum Gasteiger partial charge on any atom is 0.340 e. The summed E-state index contributed by atoms with van der Waals surface area (Å²) >= 11 is 0. The molecule has 2 aromatic rings. The van der Waals surface area contributed by atoms with E-state index in [0.717, 1.165) is 18.8 Å². The van der Waals surface area contributed by atoms with E-state index in [2.05, 4.69) is 17.2 Å². The van der Waals surface area contributed by atoms with Crippen molar-refractivity contribution in [2.24, 2.45) is 0 Å². The number of carboxylic acid groups (broad SMARTS) is 1. The molecule has 6 nitrogen and oxygen atoms in total. The van der Waals surface area contributed by atoms with Crippen LogP contribution in [0.3, 0.4) is 0 Å². The summed E-state index contributed by atoms with van der Waals surface area (Å²) in [6, 6.07) is 0.314. The molecule has 0 saturated carbocycles. The molecule has 2 aromatic heterocycles. The highest BCUT2D eigenvalue weighted by atomic mass is 16.4. The number of anilines is 1. The number of carbonyl (C=O) groups is 1. The van der Waals surface area contributed by atoms with Gasteiger partial charge in [0.2, 0.25) is 12.1 Å². The lowest BCUT2D eigenvalue weighted by Crippen LogP contribution is -2.33. The summed E-state index contributed by atoms with van der Waals surface area (Å²) in [4.78, 5) is 15.5. The second kappa shape index (κ2) is 3.69. The fraction of sp³-hybridized carbons (Fsp3) is 0.417. The molecule has 18 heavy (non-hydrogen) atoms. The maximum absolute atomic E-state index is 11.3. The number of aromatic nitrogens is 2. The summed E-state index contributed by atoms with van der Waals surface area (Å²) in [5, 5.41) is 13.2. The van der Waals surface area contributed by atoms with Crippen LogP contribution in [0.2, 0.25) is 0 Å². The van der Waals surface area contributed by atoms with Gasteiger partial charge in [-0.05, 0) is 13.3 Å². The van der Waals surface area contributed by atoms with E-state index in [4.69, 9.17) is 4.42 Å². The number of aromatic carboxylic acids is 1. The molecule has 0 spiro atoms. The molecular weight excluding hydrogens is 234 g/mol. The summed E-state index contributed by atoms with van der Waals surface area (Å²) in [5.41, 5.74) is 0.575. The number of aryl methyl sites for hydroxylation is 1. The number of nitrogens with zero attached hydrogens (tertiary/aromatic N) is 2. The minimum absolute atomic E-state index is 0.200. The molecule has 0 amide bonds. The third-order valence-electron chi connectivity index (χ3n) is 3.37. The number of hydrogen-bond acceptors (Lipinski definition) is 4. The number of hydrogen-bond donors (Lipinski definition) is 2. The molecule has 0 fully saturated rings. The predicted octanol–water partition coefficient (Wildman–Crippen LogP) is 1.33. The third-order valence-corrected chi connectivity index (χ3v) is 3.37. The van der Waals surface area contributed by atoms with Crippen LogP contribution >= 0.6 is 0 Å². The number of nitrogens with one attached hydrogen (secondary N) is 1. The van der Waals surface area contributed by atoms with Crippen LogP contribution < -0.4 is 9.88 Å². The van der Waals surface area contributed by atoms with Crippen molar-refractivity contribution in [1.82, 2.24) is 4.98 Å². The standard InChI is InChI=1S/C12H13N3O3/c1-3-7-4-15-5-13-11-9(10(15)14-7)8(12(16)17)6(2)18-11/h5,7H,3-4H2,1-2H3,(H,16,17)/p+1/t7-/m1/s1. The Balaban J connectivity index is 2.29. The largest absolute Gasteiger partial charge is 0.478 e. The van der Waals surface area contributed by atoms with Gasteiger partial charge in [-0.1, -0.05) is 11.9 Å². The topological polar surface area (TPSA) is 79.2 Å². The first kappa shape index (κ1) is 11.0. The third kappa shape index (κ3) is 1.38. The van der Waals surface area contributed by atoms with Gasteiger partial charge in [-0.2, -0.15) is 0 Å². The first-order chi connectivity index (χ1) is 8.61. The Kier molecular flexibility index (Phi) is 2.26. The smallest absolute Gasteiger partial charge is 0.340 e. The Morgan fingerprint density at radius 3 is 3.17 bits per heavy atom. The van der Waals surface area contributed by atoms with Gasteiger partial charge in [-0.25, -0.2) is 9.36 Å². The molecule has 0 aromatic carbocycles. The van der Waals surface area contributed by atoms with Crippen LogP contribution in [0.25, 0.3) is 11.1 Å². The fourth-order valence-electron chi connectivity index (χ4n) is 2.42. The minimum atomic E-state index is -0.983. The molecule has 6 heteroatoms. The summed E-state index contributed by atoms with van der Waals surface area (Å²) in [6.07, 6.45) is 2.66. The summed E-state index contributed by atoms with van der Waals surface area (Å²) < 4.78 is 7.35. The molecular formula is C12H14N3O3+. The van der Waals surface area contributed by atoms with Crippen LogP contribution in [-0.4, -0.2) is 22.1 Å². The Hall–Kier alpha value is -2.11. The Morgan fingerprint density at radius 2 is 2.50 bits per heavy atom. The average molecular weight is 248 g/mol. The molecule has 0 radical (unpaired) electrons. The molecule has 0 bridgehead atoms. The van der Waals surface area contributed by atoms with Gasteiger partial charge in [0.15, 0.2) is 0 Å². The van der Waals surface area contributed by atoms with Crippen LogP contribution in [-0.2, 0) is 6.54 Å². The van der Waals surface area contributed by atoms with Crippen molar-refractivity contribution < 1.29 is 18.9 Å². The van der Waals surface area contributed by atoms with Gasteiger partial charge >= 0.3 is 11.7 Å². The molecule has 2 N–H and O–H groups in total. The first-order valence-electron chi connectivity index (χ1n) is 5.93. The predicted molar refractivity (Wildman–Crippen MR) is 63.6 cm³/mol. The van der Waals surface area contributed by atoms with E-state index in [1.54, 1.807) is 13.3 Å². The SMILES string of the molecule is CC[C@@H]1C[n+]2cnc3oc(C)c(C(=O)O)c3c2N1. The van der Waals surface area contributed by atoms with Gasteiger partial charge in [0, 0.05) is 0 Å². The normalized spacial score (nSPS) is 17.8. The average Bonchev–Trinajstić information content (AvgIpc) is 2.87. The fourth-order valence-corrected chi connectivity index (χ4v) is 2.42. The number of furan rings is 1. The summed E-state index contributed by atoms with van der Waals surface area (Å²) in [5.74, 6) is 0.200. The van der Waals surface area contributed by atoms with Crippen molar-refractivity contribution in [2.45, 2.75) is 32.9 Å². The lowest BCUT2D eigenvalue weighted by Gasteiger charge is -1.99. The van der Waals surface area contributed by atoms with Crippen LogP contribution in [0, 0.1) is 6.92 Å². The molecule has 0 unspecified atom stereocenters. The minimum Gasteiger partial charge on any atom is -0.478 e. The molecule has 1 aliphatic heterocycles. The van der Waals surface area contributed by atoms with E-state index in [9.17, 15) is 9.90 Å². The zero-order valence-corrected chi connectivity index (χ0v) is 10.2. The van der Waals surface area contributed by atoms with E-state index < -0.39 is 5.97 Å². The summed E-state index contributed by atoms with van der Waals surface area (Å²) in [7, 11) is 0. The second-order valence-electron chi connectivity index (χ2n) is 4.51. The van der Waals surface area contributed by atoms with Gasteiger partial charge in [0.1, 0.15) is 29.3 Å². The van der Waals surface area contributed by atoms with Crippen molar-refractivity contribution >= 4 is 22.9 Å². The van der Waals surface area contributed by atoms with Crippen molar-refractivity contribution in [2.75, 3.05) is 5.32 Å². The van der Waals surface area contributed by atoms with E-state index in [1.165, 1.54) is 0 Å². The van der Waals surface area contributed by atoms with E-state index in [1.807, 2.05) is 4.57 Å². The number of carboxylic acids is 1. The lowest BCUT2D eigenvalue weighted by molar-refractivity contribution is -0.675. The zero-order valence-electron chi connectivity index (χ0n) is 10.2. The molecule has 0 saturated heterocycles. The highest BCUT2D eigenvalue weighted by Crippen LogP contribution is 2.30. The molecule has 1 atom stereocenters. The highest BCUT2D eigenvalue weighted by molar-refractivity contribution is 6.06. The Morgan fingerprint density at radius 1 is 1.72 bits per heavy atom. The van der Waals surface area contributed by atoms with Gasteiger partial charge in [0.25, 0.3) is 0 Å². The van der Waals surface area contributed by atoms with Crippen molar-refractivity contribution in [3.63, 3.8) is 0 Å². The van der Waals surface area contributed by atoms with E-state index >= 15 is 0 Å². The number of rotatable bonds is 2. The first-order valence-corrected chi connectivity index (χ1v) is 5.93. The number of fused-ring (bicyclic) bond motifs is 3. The zero-order chi connectivity index (χ0) is 12.9. The van der Waals surface area contributed by atoms with Crippen LogP contribution in [0.15, 0.2) is 10.7 Å². The van der Waals surface area contributed by atoms with Gasteiger partial charge in [0.05, 0.1) is 0 Å². The van der Waals surface area contributed by atoms with Gasteiger partial charge < -0.3 is 9.52 Å². The van der Waals surface area contributed by atoms with Crippen LogP contribution in [0.5, 0.6) is 0 Å². The Bertz CT molecular complexity index is 648. The second-order valence-corrected chi connectivity index (χ2v) is 4.51. The van der Waals surface area contributed by atoms with Gasteiger partial charge in [-0.3, -0.25) is 5.32 Å². The van der Waals surface area contributed by atoms with Gasteiger partial charge in [-0.15, -0.1) is 0 Å². The molecule has 94 valence electrons. The van der Waals surface area contributed by atoms with Crippen molar-refractivity contribution in [3.8, 4) is 0 Å². The monoisotopic (exact) mass is 248 g/mol. The van der Waals surface area contributed by atoms with Crippen molar-refractivity contribution in [1.29, 1.82) is 0 Å². The molecule has 0 aliphatic carbocycles. The van der Waals surface area contributed by atoms with E-state index in [0.29, 0.717) is 22.9 Å². The van der Waals surface area contributed by atoms with Crippen molar-refractivity contribution in [3.05, 3.63) is 17.7 Å². The molecule has 3 rings (SSSR count). The summed E-state index contributed by atoms with van der Waals surface area (Å²) in [6.45, 7) is 4.54. The maximum atomic E-state index is 11.3.